The Labute approximate surface area is 115 Å². The summed E-state index contributed by atoms with van der Waals surface area (Å²) in [5, 5.41) is 6.64. The van der Waals surface area contributed by atoms with E-state index in [0.717, 1.165) is 0 Å². The minimum atomic E-state index is -0.249. The molecule has 1 fully saturated rings. The number of rotatable bonds is 3. The van der Waals surface area contributed by atoms with E-state index in [-0.39, 0.29) is 11.9 Å². The van der Waals surface area contributed by atoms with Crippen molar-refractivity contribution in [1.82, 2.24) is 29.6 Å². The number of hydrogen-bond acceptors (Lipinski definition) is 5. The molecule has 1 aliphatic rings. The van der Waals surface area contributed by atoms with E-state index >= 15 is 0 Å². The zero-order chi connectivity index (χ0) is 13.9. The maximum absolute atomic E-state index is 12.7. The van der Waals surface area contributed by atoms with E-state index in [0.29, 0.717) is 38.0 Å². The van der Waals surface area contributed by atoms with Crippen molar-refractivity contribution in [1.29, 1.82) is 0 Å². The van der Waals surface area contributed by atoms with Crippen LogP contribution in [0.5, 0.6) is 0 Å². The molecule has 1 unspecified atom stereocenters. The van der Waals surface area contributed by atoms with Crippen LogP contribution in [0.25, 0.3) is 0 Å². The molecule has 2 aromatic heterocycles. The van der Waals surface area contributed by atoms with Crippen LogP contribution < -0.4 is 0 Å². The highest BCUT2D eigenvalue weighted by Gasteiger charge is 2.32. The molecule has 0 saturated carbocycles. The van der Waals surface area contributed by atoms with Gasteiger partial charge in [0.1, 0.15) is 18.2 Å². The molecule has 0 aliphatic carbocycles. The van der Waals surface area contributed by atoms with Gasteiger partial charge in [-0.3, -0.25) is 9.89 Å². The molecule has 1 aliphatic heterocycles. The van der Waals surface area contributed by atoms with E-state index in [1.165, 1.54) is 6.33 Å². The number of carbonyl (C=O) groups excluding carboxylic acids is 1. The zero-order valence-electron chi connectivity index (χ0n) is 11.2. The van der Waals surface area contributed by atoms with Gasteiger partial charge in [0, 0.05) is 25.5 Å². The quantitative estimate of drug-likeness (QED) is 0.867. The Morgan fingerprint density at radius 1 is 1.55 bits per heavy atom. The van der Waals surface area contributed by atoms with Crippen LogP contribution >= 0.6 is 0 Å². The fraction of sp³-hybridized carbons (Fsp3) is 0.500. The van der Waals surface area contributed by atoms with E-state index in [1.54, 1.807) is 17.3 Å². The Balaban J connectivity index is 1.88. The summed E-state index contributed by atoms with van der Waals surface area (Å²) in [6, 6.07) is -0.249. The van der Waals surface area contributed by atoms with Gasteiger partial charge in [-0.1, -0.05) is 0 Å². The Morgan fingerprint density at radius 2 is 2.45 bits per heavy atom. The molecule has 8 nitrogen and oxygen atoms in total. The third kappa shape index (κ3) is 2.18. The van der Waals surface area contributed by atoms with E-state index in [9.17, 15) is 4.79 Å². The van der Waals surface area contributed by atoms with Crippen molar-refractivity contribution in [3.63, 3.8) is 0 Å². The second-order valence-electron chi connectivity index (χ2n) is 4.50. The smallest absolute Gasteiger partial charge is 0.290 e. The van der Waals surface area contributed by atoms with Crippen molar-refractivity contribution < 1.29 is 9.53 Å². The Bertz CT molecular complexity index is 579. The summed E-state index contributed by atoms with van der Waals surface area (Å²) in [7, 11) is 0. The number of carbonyl (C=O) groups is 1. The minimum Gasteiger partial charge on any atom is -0.377 e. The van der Waals surface area contributed by atoms with Crippen molar-refractivity contribution in [2.75, 3.05) is 19.8 Å². The molecule has 106 valence electrons. The largest absolute Gasteiger partial charge is 0.377 e. The number of nitrogens with one attached hydrogen (secondary N) is 1. The van der Waals surface area contributed by atoms with Gasteiger partial charge in [-0.05, 0) is 6.92 Å². The zero-order valence-corrected chi connectivity index (χ0v) is 11.2. The second kappa shape index (κ2) is 5.41. The van der Waals surface area contributed by atoms with Crippen LogP contribution in [0.2, 0.25) is 0 Å². The molecular weight excluding hydrogens is 260 g/mol. The van der Waals surface area contributed by atoms with Crippen LogP contribution in [0.4, 0.5) is 0 Å². The maximum atomic E-state index is 12.7. The van der Waals surface area contributed by atoms with Crippen LogP contribution in [-0.4, -0.2) is 55.3 Å². The van der Waals surface area contributed by atoms with Crippen LogP contribution in [0.15, 0.2) is 18.7 Å². The van der Waals surface area contributed by atoms with E-state index < -0.39 is 0 Å². The standard InChI is InChI=1S/C12H16N6O2/c1-2-17-4-3-13-11(17)12(19)18-5-6-20-7-9(18)10-14-8-15-16-10/h3-4,8-9H,2,5-7H2,1H3,(H,14,15,16). The van der Waals surface area contributed by atoms with Gasteiger partial charge in [0.25, 0.3) is 5.91 Å². The van der Waals surface area contributed by atoms with Crippen LogP contribution in [-0.2, 0) is 11.3 Å². The first-order valence-electron chi connectivity index (χ1n) is 6.56. The third-order valence-corrected chi connectivity index (χ3v) is 3.39. The van der Waals surface area contributed by atoms with Gasteiger partial charge in [-0.2, -0.15) is 5.10 Å². The predicted molar refractivity (Wildman–Crippen MR) is 68.9 cm³/mol. The lowest BCUT2D eigenvalue weighted by molar-refractivity contribution is -0.00598. The molecule has 0 aromatic carbocycles. The van der Waals surface area contributed by atoms with Gasteiger partial charge >= 0.3 is 0 Å². The molecule has 3 heterocycles. The Hall–Kier alpha value is -2.22. The molecular formula is C12H16N6O2. The average molecular weight is 276 g/mol. The number of aromatic amines is 1. The summed E-state index contributed by atoms with van der Waals surface area (Å²) >= 11 is 0. The van der Waals surface area contributed by atoms with Crippen molar-refractivity contribution >= 4 is 5.91 Å². The van der Waals surface area contributed by atoms with Gasteiger partial charge in [0.2, 0.25) is 0 Å². The number of aryl methyl sites for hydroxylation is 1. The molecule has 8 heteroatoms. The number of imidazole rings is 1. The van der Waals surface area contributed by atoms with Crippen LogP contribution in [0.1, 0.15) is 29.4 Å². The first-order valence-corrected chi connectivity index (χ1v) is 6.56. The Kier molecular flexibility index (Phi) is 3.46. The summed E-state index contributed by atoms with van der Waals surface area (Å²) < 4.78 is 7.28. The van der Waals surface area contributed by atoms with Crippen molar-refractivity contribution in [3.8, 4) is 0 Å². The lowest BCUT2D eigenvalue weighted by atomic mass is 10.2. The molecule has 1 atom stereocenters. The normalized spacial score (nSPS) is 19.2. The summed E-state index contributed by atoms with van der Waals surface area (Å²) in [5.74, 6) is 0.966. The second-order valence-corrected chi connectivity index (χ2v) is 4.50. The summed E-state index contributed by atoms with van der Waals surface area (Å²) in [4.78, 5) is 22.7. The number of morpholine rings is 1. The number of hydrogen-bond donors (Lipinski definition) is 1. The molecule has 0 spiro atoms. The average Bonchev–Trinajstić information content (AvgIpc) is 3.17. The number of nitrogens with zero attached hydrogens (tertiary/aromatic N) is 5. The number of amides is 1. The van der Waals surface area contributed by atoms with Gasteiger partial charge in [0.05, 0.1) is 13.2 Å². The molecule has 20 heavy (non-hydrogen) atoms. The highest BCUT2D eigenvalue weighted by molar-refractivity contribution is 5.91. The lowest BCUT2D eigenvalue weighted by Gasteiger charge is -2.33. The topological polar surface area (TPSA) is 88.9 Å². The molecule has 1 amide bonds. The first kappa shape index (κ1) is 12.8. The van der Waals surface area contributed by atoms with Gasteiger partial charge < -0.3 is 14.2 Å². The van der Waals surface area contributed by atoms with E-state index in [1.807, 2.05) is 11.5 Å². The van der Waals surface area contributed by atoms with E-state index in [4.69, 9.17) is 4.74 Å². The molecule has 2 aromatic rings. The van der Waals surface area contributed by atoms with Gasteiger partial charge in [-0.25, -0.2) is 9.97 Å². The highest BCUT2D eigenvalue weighted by atomic mass is 16.5. The monoisotopic (exact) mass is 276 g/mol. The van der Waals surface area contributed by atoms with Gasteiger partial charge in [0.15, 0.2) is 5.82 Å². The first-order chi connectivity index (χ1) is 9.81. The summed E-state index contributed by atoms with van der Waals surface area (Å²) in [6.07, 6.45) is 4.87. The van der Waals surface area contributed by atoms with E-state index in [2.05, 4.69) is 20.2 Å². The number of ether oxygens (including phenoxy) is 1. The van der Waals surface area contributed by atoms with Gasteiger partial charge in [-0.15, -0.1) is 0 Å². The summed E-state index contributed by atoms with van der Waals surface area (Å²) in [6.45, 7) is 4.13. The fourth-order valence-electron chi connectivity index (χ4n) is 2.34. The minimum absolute atomic E-state index is 0.110. The van der Waals surface area contributed by atoms with Crippen molar-refractivity contribution in [3.05, 3.63) is 30.4 Å². The molecule has 3 rings (SSSR count). The molecule has 0 bridgehead atoms. The molecule has 1 N–H and O–H groups in total. The lowest BCUT2D eigenvalue weighted by Crippen LogP contribution is -2.44. The number of aromatic nitrogens is 5. The fourth-order valence-corrected chi connectivity index (χ4v) is 2.34. The SMILES string of the molecule is CCn1ccnc1C(=O)N1CCOCC1c1ncn[nH]1. The molecule has 1 saturated heterocycles. The van der Waals surface area contributed by atoms with Crippen LogP contribution in [0, 0.1) is 0 Å². The number of H-pyrrole nitrogens is 1. The maximum Gasteiger partial charge on any atom is 0.290 e. The Morgan fingerprint density at radius 3 is 3.20 bits per heavy atom. The summed E-state index contributed by atoms with van der Waals surface area (Å²) in [5.41, 5.74) is 0. The third-order valence-electron chi connectivity index (χ3n) is 3.39. The van der Waals surface area contributed by atoms with Crippen LogP contribution in [0.3, 0.4) is 0 Å². The molecule has 0 radical (unpaired) electrons. The predicted octanol–water partition coefficient (Wildman–Crippen LogP) is 0.235. The van der Waals surface area contributed by atoms with Crippen molar-refractivity contribution in [2.45, 2.75) is 19.5 Å². The van der Waals surface area contributed by atoms with Crippen molar-refractivity contribution in [2.24, 2.45) is 0 Å². The highest BCUT2D eigenvalue weighted by Crippen LogP contribution is 2.22.